The normalized spacial score (nSPS) is 10.3. The van der Waals surface area contributed by atoms with E-state index in [1.54, 1.807) is 35.7 Å². The van der Waals surface area contributed by atoms with Crippen molar-refractivity contribution in [1.82, 2.24) is 4.90 Å². The van der Waals surface area contributed by atoms with E-state index >= 15 is 0 Å². The number of hydrogen-bond acceptors (Lipinski definition) is 4. The number of nitrogens with zero attached hydrogens (tertiary/aromatic N) is 1. The van der Waals surface area contributed by atoms with Crippen LogP contribution < -0.4 is 11.5 Å². The van der Waals surface area contributed by atoms with Gasteiger partial charge in [-0.2, -0.15) is 0 Å². The van der Waals surface area contributed by atoms with Gasteiger partial charge in [0.2, 0.25) is 5.91 Å². The smallest absolute Gasteiger partial charge is 0.266 e. The van der Waals surface area contributed by atoms with Crippen LogP contribution in [0.25, 0.3) is 0 Å². The van der Waals surface area contributed by atoms with E-state index in [-0.39, 0.29) is 19.0 Å². The molecule has 0 aliphatic rings. The van der Waals surface area contributed by atoms with Crippen molar-refractivity contribution in [3.8, 4) is 0 Å². The number of primary amides is 1. The first-order chi connectivity index (χ1) is 9.97. The summed E-state index contributed by atoms with van der Waals surface area (Å²) >= 11 is 7.20. The van der Waals surface area contributed by atoms with Crippen molar-refractivity contribution >= 4 is 40.4 Å². The van der Waals surface area contributed by atoms with Crippen molar-refractivity contribution in [3.05, 3.63) is 51.2 Å². The topological polar surface area (TPSA) is 89.4 Å². The Labute approximate surface area is 131 Å². The summed E-state index contributed by atoms with van der Waals surface area (Å²) in [5.41, 5.74) is 12.3. The predicted octanol–water partition coefficient (Wildman–Crippen LogP) is 2.11. The lowest BCUT2D eigenvalue weighted by atomic mass is 10.2. The van der Waals surface area contributed by atoms with Gasteiger partial charge in [-0.25, -0.2) is 0 Å². The summed E-state index contributed by atoms with van der Waals surface area (Å²) < 4.78 is 0. The van der Waals surface area contributed by atoms with Crippen molar-refractivity contribution in [1.29, 1.82) is 0 Å². The summed E-state index contributed by atoms with van der Waals surface area (Å²) in [5.74, 6) is -0.892. The van der Waals surface area contributed by atoms with Gasteiger partial charge in [0.05, 0.1) is 5.02 Å². The van der Waals surface area contributed by atoms with E-state index in [1.807, 2.05) is 0 Å². The number of thiophene rings is 1. The van der Waals surface area contributed by atoms with Gasteiger partial charge in [0, 0.05) is 12.2 Å². The molecule has 0 bridgehead atoms. The molecule has 0 spiro atoms. The molecule has 7 heteroatoms. The largest absolute Gasteiger partial charge is 0.399 e. The third-order valence-electron chi connectivity index (χ3n) is 2.80. The number of halogens is 1. The van der Waals surface area contributed by atoms with Gasteiger partial charge in [-0.15, -0.1) is 11.3 Å². The molecule has 4 N–H and O–H groups in total. The third-order valence-corrected chi connectivity index (χ3v) is 4.13. The van der Waals surface area contributed by atoms with Crippen LogP contribution in [0.5, 0.6) is 0 Å². The molecule has 110 valence electrons. The second-order valence-corrected chi connectivity index (χ2v) is 5.79. The first kappa shape index (κ1) is 15.3. The summed E-state index contributed by atoms with van der Waals surface area (Å²) in [4.78, 5) is 25.4. The Morgan fingerprint density at radius 2 is 1.86 bits per heavy atom. The van der Waals surface area contributed by atoms with E-state index in [1.165, 1.54) is 16.2 Å². The van der Waals surface area contributed by atoms with Gasteiger partial charge in [0.25, 0.3) is 5.91 Å². The molecule has 0 atom stereocenters. The van der Waals surface area contributed by atoms with Gasteiger partial charge >= 0.3 is 0 Å². The minimum atomic E-state index is -0.577. The number of benzene rings is 1. The Kier molecular flexibility index (Phi) is 4.82. The summed E-state index contributed by atoms with van der Waals surface area (Å²) in [5, 5.41) is 2.10. The van der Waals surface area contributed by atoms with Crippen LogP contribution in [0.15, 0.2) is 35.7 Å². The molecule has 2 amide bonds. The molecule has 0 fully saturated rings. The molecule has 0 aliphatic heterocycles. The van der Waals surface area contributed by atoms with E-state index in [2.05, 4.69) is 0 Å². The van der Waals surface area contributed by atoms with Crippen LogP contribution in [0.1, 0.15) is 15.2 Å². The summed E-state index contributed by atoms with van der Waals surface area (Å²) in [6, 6.07) is 8.71. The minimum Gasteiger partial charge on any atom is -0.399 e. The predicted molar refractivity (Wildman–Crippen MR) is 84.1 cm³/mol. The molecule has 5 nitrogen and oxygen atoms in total. The molecule has 0 saturated heterocycles. The third kappa shape index (κ3) is 3.96. The zero-order chi connectivity index (χ0) is 15.4. The molecular formula is C14H14ClN3O2S. The van der Waals surface area contributed by atoms with Crippen molar-refractivity contribution in [2.45, 2.75) is 6.54 Å². The number of carbonyl (C=O) groups excluding carboxylic acids is 2. The number of rotatable bonds is 5. The molecule has 1 aromatic carbocycles. The van der Waals surface area contributed by atoms with E-state index in [0.29, 0.717) is 15.6 Å². The van der Waals surface area contributed by atoms with Crippen LogP contribution in [0.3, 0.4) is 0 Å². The first-order valence-electron chi connectivity index (χ1n) is 6.12. The Morgan fingerprint density at radius 3 is 2.38 bits per heavy atom. The zero-order valence-electron chi connectivity index (χ0n) is 11.1. The molecule has 0 radical (unpaired) electrons. The SMILES string of the molecule is NC(=O)CN(Cc1ccc(N)cc1)C(=O)c1sccc1Cl. The standard InChI is InChI=1S/C14H14ClN3O2S/c15-11-5-6-21-13(11)14(20)18(8-12(17)19)7-9-1-3-10(16)4-2-9/h1-6H,7-8,16H2,(H2,17,19). The Bertz CT molecular complexity index is 654. The Morgan fingerprint density at radius 1 is 1.19 bits per heavy atom. The first-order valence-corrected chi connectivity index (χ1v) is 7.38. The van der Waals surface area contributed by atoms with Crippen LogP contribution in [0.4, 0.5) is 5.69 Å². The summed E-state index contributed by atoms with van der Waals surface area (Å²) in [7, 11) is 0. The van der Waals surface area contributed by atoms with Gasteiger partial charge in [0.15, 0.2) is 0 Å². The number of nitrogens with two attached hydrogens (primary N) is 2. The van der Waals surface area contributed by atoms with Crippen LogP contribution >= 0.6 is 22.9 Å². The molecule has 0 unspecified atom stereocenters. The lowest BCUT2D eigenvalue weighted by molar-refractivity contribution is -0.118. The second-order valence-electron chi connectivity index (χ2n) is 4.47. The monoisotopic (exact) mass is 323 g/mol. The lowest BCUT2D eigenvalue weighted by Crippen LogP contribution is -2.37. The average molecular weight is 324 g/mol. The molecule has 2 rings (SSSR count). The van der Waals surface area contributed by atoms with Gasteiger partial charge in [-0.3, -0.25) is 9.59 Å². The van der Waals surface area contributed by atoms with Crippen LogP contribution in [0.2, 0.25) is 5.02 Å². The van der Waals surface area contributed by atoms with E-state index in [4.69, 9.17) is 23.1 Å². The highest BCUT2D eigenvalue weighted by atomic mass is 35.5. The molecule has 0 aliphatic carbocycles. The van der Waals surface area contributed by atoms with Crippen molar-refractivity contribution < 1.29 is 9.59 Å². The number of anilines is 1. The minimum absolute atomic E-state index is 0.169. The van der Waals surface area contributed by atoms with Crippen LogP contribution in [-0.4, -0.2) is 23.3 Å². The molecule has 1 aromatic heterocycles. The molecule has 21 heavy (non-hydrogen) atoms. The maximum atomic E-state index is 12.5. The van der Waals surface area contributed by atoms with Crippen molar-refractivity contribution in [2.24, 2.45) is 5.73 Å². The van der Waals surface area contributed by atoms with E-state index in [0.717, 1.165) is 5.56 Å². The number of nitrogen functional groups attached to an aromatic ring is 1. The van der Waals surface area contributed by atoms with E-state index < -0.39 is 5.91 Å². The Balaban J connectivity index is 2.22. The fraction of sp³-hybridized carbons (Fsp3) is 0.143. The molecule has 1 heterocycles. The maximum Gasteiger partial charge on any atom is 0.266 e. The van der Waals surface area contributed by atoms with Crippen molar-refractivity contribution in [3.63, 3.8) is 0 Å². The molecule has 0 saturated carbocycles. The fourth-order valence-electron chi connectivity index (χ4n) is 1.82. The van der Waals surface area contributed by atoms with Gasteiger partial charge < -0.3 is 16.4 Å². The van der Waals surface area contributed by atoms with Crippen LogP contribution in [0, 0.1) is 0 Å². The fourth-order valence-corrected chi connectivity index (χ4v) is 2.92. The number of hydrogen-bond donors (Lipinski definition) is 2. The average Bonchev–Trinajstić information content (AvgIpc) is 2.85. The number of amides is 2. The zero-order valence-corrected chi connectivity index (χ0v) is 12.7. The Hall–Kier alpha value is -2.05. The summed E-state index contributed by atoms with van der Waals surface area (Å²) in [6.07, 6.45) is 0. The summed E-state index contributed by atoms with van der Waals surface area (Å²) in [6.45, 7) is 0.0910. The van der Waals surface area contributed by atoms with Crippen molar-refractivity contribution in [2.75, 3.05) is 12.3 Å². The second kappa shape index (κ2) is 6.60. The highest BCUT2D eigenvalue weighted by molar-refractivity contribution is 7.12. The van der Waals surface area contributed by atoms with Gasteiger partial charge in [0.1, 0.15) is 11.4 Å². The highest BCUT2D eigenvalue weighted by Gasteiger charge is 2.21. The maximum absolute atomic E-state index is 12.5. The highest BCUT2D eigenvalue weighted by Crippen LogP contribution is 2.24. The van der Waals surface area contributed by atoms with Crippen LogP contribution in [-0.2, 0) is 11.3 Å². The van der Waals surface area contributed by atoms with Gasteiger partial charge in [-0.1, -0.05) is 23.7 Å². The number of carbonyl (C=O) groups is 2. The quantitative estimate of drug-likeness (QED) is 0.826. The molecular weight excluding hydrogens is 310 g/mol. The van der Waals surface area contributed by atoms with Gasteiger partial charge in [-0.05, 0) is 29.1 Å². The lowest BCUT2D eigenvalue weighted by Gasteiger charge is -2.21. The molecule has 2 aromatic rings. The van der Waals surface area contributed by atoms with E-state index in [9.17, 15) is 9.59 Å².